The smallest absolute Gasteiger partial charge is 0.292 e. The second-order valence-electron chi connectivity index (χ2n) is 7.25. The highest BCUT2D eigenvalue weighted by molar-refractivity contribution is 6.09. The maximum atomic E-state index is 12.7. The fraction of sp³-hybridized carbons (Fsp3) is 0. The lowest BCUT2D eigenvalue weighted by Gasteiger charge is -2.08. The molecule has 0 aliphatic rings. The first kappa shape index (κ1) is 22.8. The maximum absolute atomic E-state index is 12.7. The van der Waals surface area contributed by atoms with Gasteiger partial charge in [0, 0.05) is 22.3 Å². The van der Waals surface area contributed by atoms with E-state index >= 15 is 0 Å². The van der Waals surface area contributed by atoms with E-state index in [4.69, 9.17) is 24.7 Å². The van der Waals surface area contributed by atoms with Gasteiger partial charge < -0.3 is 14.2 Å². The SMILES string of the molecule is N#COc1cccc(C(=O)c2ccc(Oc3ccc(C(=O)c4cccc(OC#N)c4)cc3)cc2)c1. The minimum atomic E-state index is -0.216. The van der Waals surface area contributed by atoms with Gasteiger partial charge in [0.2, 0.25) is 0 Å². The summed E-state index contributed by atoms with van der Waals surface area (Å²) in [5, 5.41) is 17.3. The average molecular weight is 460 g/mol. The summed E-state index contributed by atoms with van der Waals surface area (Å²) in [6.45, 7) is 0. The van der Waals surface area contributed by atoms with Crippen molar-refractivity contribution in [3.63, 3.8) is 0 Å². The van der Waals surface area contributed by atoms with Crippen molar-refractivity contribution in [3.05, 3.63) is 119 Å². The molecule has 168 valence electrons. The highest BCUT2D eigenvalue weighted by atomic mass is 16.5. The molecule has 0 bridgehead atoms. The number of rotatable bonds is 8. The van der Waals surface area contributed by atoms with E-state index in [1.165, 1.54) is 12.1 Å². The molecular formula is C28H16N2O5. The summed E-state index contributed by atoms with van der Waals surface area (Å²) in [5.41, 5.74) is 1.71. The number of benzene rings is 4. The van der Waals surface area contributed by atoms with Gasteiger partial charge in [-0.25, -0.2) is 0 Å². The zero-order chi connectivity index (χ0) is 24.6. The molecule has 7 nitrogen and oxygen atoms in total. The first-order valence-corrected chi connectivity index (χ1v) is 10.4. The molecule has 0 heterocycles. The van der Waals surface area contributed by atoms with Gasteiger partial charge >= 0.3 is 0 Å². The van der Waals surface area contributed by atoms with Gasteiger partial charge in [-0.15, -0.1) is 10.5 Å². The Morgan fingerprint density at radius 1 is 0.514 bits per heavy atom. The van der Waals surface area contributed by atoms with Crippen molar-refractivity contribution in [1.82, 2.24) is 0 Å². The van der Waals surface area contributed by atoms with E-state index in [1.54, 1.807) is 97.4 Å². The molecule has 4 rings (SSSR count). The molecule has 0 amide bonds. The molecule has 0 aliphatic heterocycles. The second-order valence-corrected chi connectivity index (χ2v) is 7.25. The molecule has 0 N–H and O–H groups in total. The van der Waals surface area contributed by atoms with Crippen molar-refractivity contribution < 1.29 is 23.8 Å². The van der Waals surface area contributed by atoms with Crippen molar-refractivity contribution in [1.29, 1.82) is 10.5 Å². The summed E-state index contributed by atoms with van der Waals surface area (Å²) >= 11 is 0. The van der Waals surface area contributed by atoms with Gasteiger partial charge in [-0.2, -0.15) is 0 Å². The molecule has 0 radical (unpaired) electrons. The minimum absolute atomic E-state index is 0.216. The van der Waals surface area contributed by atoms with Crippen LogP contribution in [0.3, 0.4) is 0 Å². The average Bonchev–Trinajstić information content (AvgIpc) is 2.89. The van der Waals surface area contributed by atoms with Crippen molar-refractivity contribution >= 4 is 11.6 Å². The Kier molecular flexibility index (Phi) is 6.82. The Hall–Kier alpha value is -5.40. The summed E-state index contributed by atoms with van der Waals surface area (Å²) in [6, 6.07) is 26.0. The van der Waals surface area contributed by atoms with Gasteiger partial charge in [0.05, 0.1) is 0 Å². The topological polar surface area (TPSA) is 109 Å². The third-order valence-electron chi connectivity index (χ3n) is 4.99. The summed E-state index contributed by atoms with van der Waals surface area (Å²) in [7, 11) is 0. The van der Waals surface area contributed by atoms with Crippen molar-refractivity contribution in [2.75, 3.05) is 0 Å². The summed E-state index contributed by atoms with van der Waals surface area (Å²) in [4.78, 5) is 25.4. The van der Waals surface area contributed by atoms with E-state index in [0.717, 1.165) is 0 Å². The number of nitriles is 2. The fourth-order valence-corrected chi connectivity index (χ4v) is 3.33. The van der Waals surface area contributed by atoms with Crippen LogP contribution in [0.25, 0.3) is 0 Å². The van der Waals surface area contributed by atoms with Gasteiger partial charge in [-0.05, 0) is 72.8 Å². The van der Waals surface area contributed by atoms with Gasteiger partial charge in [-0.1, -0.05) is 24.3 Å². The van der Waals surface area contributed by atoms with Gasteiger partial charge in [0.15, 0.2) is 11.6 Å². The first-order valence-electron chi connectivity index (χ1n) is 10.4. The zero-order valence-corrected chi connectivity index (χ0v) is 18.2. The zero-order valence-electron chi connectivity index (χ0n) is 18.2. The third kappa shape index (κ3) is 5.51. The van der Waals surface area contributed by atoms with Crippen molar-refractivity contribution in [2.24, 2.45) is 0 Å². The van der Waals surface area contributed by atoms with Crippen molar-refractivity contribution in [2.45, 2.75) is 0 Å². The molecule has 7 heteroatoms. The highest BCUT2D eigenvalue weighted by Crippen LogP contribution is 2.25. The first-order chi connectivity index (χ1) is 17.1. The van der Waals surface area contributed by atoms with Crippen LogP contribution in [0.5, 0.6) is 23.0 Å². The molecule has 0 saturated heterocycles. The number of ether oxygens (including phenoxy) is 3. The van der Waals surface area contributed by atoms with Crippen LogP contribution < -0.4 is 14.2 Å². The van der Waals surface area contributed by atoms with Crippen LogP contribution in [0.4, 0.5) is 0 Å². The molecule has 0 aromatic heterocycles. The lowest BCUT2D eigenvalue weighted by Crippen LogP contribution is -2.02. The number of hydrogen-bond acceptors (Lipinski definition) is 7. The van der Waals surface area contributed by atoms with Crippen LogP contribution in [0.15, 0.2) is 97.1 Å². The van der Waals surface area contributed by atoms with E-state index in [2.05, 4.69) is 0 Å². The van der Waals surface area contributed by atoms with Crippen molar-refractivity contribution in [3.8, 4) is 35.5 Å². The minimum Gasteiger partial charge on any atom is -0.457 e. The van der Waals surface area contributed by atoms with Gasteiger partial charge in [-0.3, -0.25) is 9.59 Å². The number of carbonyl (C=O) groups is 2. The molecule has 35 heavy (non-hydrogen) atoms. The van der Waals surface area contributed by atoms with Crippen LogP contribution in [-0.4, -0.2) is 11.6 Å². The number of nitrogens with zero attached hydrogens (tertiary/aromatic N) is 2. The predicted molar refractivity (Wildman–Crippen MR) is 125 cm³/mol. The van der Waals surface area contributed by atoms with Gasteiger partial charge in [0.1, 0.15) is 23.0 Å². The van der Waals surface area contributed by atoms with E-state index < -0.39 is 0 Å². The van der Waals surface area contributed by atoms with Crippen LogP contribution in [0, 0.1) is 23.0 Å². The molecule has 0 unspecified atom stereocenters. The molecule has 0 atom stereocenters. The lowest BCUT2D eigenvalue weighted by atomic mass is 10.0. The molecule has 4 aromatic rings. The molecule has 0 aliphatic carbocycles. The molecule has 4 aromatic carbocycles. The Morgan fingerprint density at radius 3 is 1.29 bits per heavy atom. The van der Waals surface area contributed by atoms with Crippen LogP contribution in [-0.2, 0) is 0 Å². The fourth-order valence-electron chi connectivity index (χ4n) is 3.33. The molecular weight excluding hydrogens is 444 g/mol. The standard InChI is InChI=1S/C28H16N2O5/c29-17-33-25-5-1-3-21(15-25)27(31)19-7-11-23(12-8-19)35-24-13-9-20(10-14-24)28(32)22-4-2-6-26(16-22)34-18-30/h1-16H. The third-order valence-corrected chi connectivity index (χ3v) is 4.99. The Labute approximate surface area is 201 Å². The number of carbonyl (C=O) groups excluding carboxylic acids is 2. The Bertz CT molecular complexity index is 1350. The summed E-state index contributed by atoms with van der Waals surface area (Å²) in [5.74, 6) is 1.19. The molecule has 0 spiro atoms. The number of hydrogen-bond donors (Lipinski definition) is 0. The Balaban J connectivity index is 1.43. The van der Waals surface area contributed by atoms with Crippen LogP contribution in [0.2, 0.25) is 0 Å². The van der Waals surface area contributed by atoms with Crippen LogP contribution in [0.1, 0.15) is 31.8 Å². The largest absolute Gasteiger partial charge is 0.457 e. The number of ketones is 2. The lowest BCUT2D eigenvalue weighted by molar-refractivity contribution is 0.103. The molecule has 0 saturated carbocycles. The van der Waals surface area contributed by atoms with E-state index in [-0.39, 0.29) is 11.6 Å². The summed E-state index contributed by atoms with van der Waals surface area (Å²) < 4.78 is 15.4. The van der Waals surface area contributed by atoms with E-state index in [1.807, 2.05) is 0 Å². The quantitative estimate of drug-likeness (QED) is 0.246. The highest BCUT2D eigenvalue weighted by Gasteiger charge is 2.12. The van der Waals surface area contributed by atoms with E-state index in [9.17, 15) is 9.59 Å². The van der Waals surface area contributed by atoms with Crippen LogP contribution >= 0.6 is 0 Å². The maximum Gasteiger partial charge on any atom is 0.292 e. The molecule has 0 fully saturated rings. The normalized spacial score (nSPS) is 9.89. The Morgan fingerprint density at radius 2 is 0.914 bits per heavy atom. The van der Waals surface area contributed by atoms with E-state index in [0.29, 0.717) is 45.3 Å². The second kappa shape index (κ2) is 10.5. The predicted octanol–water partition coefficient (Wildman–Crippen LogP) is 5.66. The summed E-state index contributed by atoms with van der Waals surface area (Å²) in [6.07, 6.45) is 3.17. The van der Waals surface area contributed by atoms with Gasteiger partial charge in [0.25, 0.3) is 12.5 Å². The monoisotopic (exact) mass is 460 g/mol.